The zero-order valence-electron chi connectivity index (χ0n) is 10.5. The van der Waals surface area contributed by atoms with Gasteiger partial charge >= 0.3 is 0 Å². The van der Waals surface area contributed by atoms with Crippen molar-refractivity contribution in [3.8, 4) is 5.88 Å². The summed E-state index contributed by atoms with van der Waals surface area (Å²) in [5, 5.41) is 1.06. The molecule has 2 aromatic heterocycles. The highest BCUT2D eigenvalue weighted by molar-refractivity contribution is 7.18. The monoisotopic (exact) mass is 271 g/mol. The van der Waals surface area contributed by atoms with Crippen LogP contribution in [0.15, 0.2) is 36.5 Å². The molecule has 96 valence electrons. The lowest BCUT2D eigenvalue weighted by molar-refractivity contribution is 0.397. The van der Waals surface area contributed by atoms with Crippen molar-refractivity contribution in [3.63, 3.8) is 0 Å². The molecular weight excluding hydrogens is 258 g/mol. The van der Waals surface area contributed by atoms with Crippen LogP contribution in [0.5, 0.6) is 5.88 Å². The van der Waals surface area contributed by atoms with Gasteiger partial charge in [-0.3, -0.25) is 0 Å². The third kappa shape index (κ3) is 2.51. The summed E-state index contributed by atoms with van der Waals surface area (Å²) in [5.41, 5.74) is 8.66. The smallest absolute Gasteiger partial charge is 0.212 e. The van der Waals surface area contributed by atoms with E-state index in [1.807, 2.05) is 36.5 Å². The van der Waals surface area contributed by atoms with E-state index < -0.39 is 0 Å². The van der Waals surface area contributed by atoms with E-state index >= 15 is 0 Å². The molecule has 19 heavy (non-hydrogen) atoms. The molecule has 0 aliphatic carbocycles. The third-order valence-corrected chi connectivity index (χ3v) is 3.84. The first-order valence-electron chi connectivity index (χ1n) is 5.88. The van der Waals surface area contributed by atoms with Gasteiger partial charge in [0.1, 0.15) is 0 Å². The lowest BCUT2D eigenvalue weighted by atomic mass is 10.2. The minimum Gasteiger partial charge on any atom is -0.481 e. The fourth-order valence-corrected chi connectivity index (χ4v) is 2.93. The summed E-state index contributed by atoms with van der Waals surface area (Å²) in [7, 11) is 1.61. The van der Waals surface area contributed by atoms with Crippen LogP contribution in [0.25, 0.3) is 10.2 Å². The third-order valence-electron chi connectivity index (χ3n) is 2.82. The molecule has 0 spiro atoms. The minimum atomic E-state index is 0.626. The maximum absolute atomic E-state index is 5.77. The van der Waals surface area contributed by atoms with E-state index in [4.69, 9.17) is 10.5 Å². The zero-order valence-corrected chi connectivity index (χ0v) is 11.3. The van der Waals surface area contributed by atoms with Gasteiger partial charge in [0.25, 0.3) is 0 Å². The van der Waals surface area contributed by atoms with E-state index in [-0.39, 0.29) is 0 Å². The summed E-state index contributed by atoms with van der Waals surface area (Å²) < 4.78 is 6.16. The van der Waals surface area contributed by atoms with Gasteiger partial charge in [-0.05, 0) is 23.8 Å². The predicted molar refractivity (Wildman–Crippen MR) is 77.6 cm³/mol. The number of nitrogens with two attached hydrogens (primary N) is 1. The highest BCUT2D eigenvalue weighted by Crippen LogP contribution is 2.25. The standard InChI is InChI=1S/C14H13N3OS/c1-18-13-5-2-9(8-16-13)6-14-17-11-4-3-10(15)7-12(11)19-14/h2-5,7-8H,6,15H2,1H3. The molecule has 0 bridgehead atoms. The summed E-state index contributed by atoms with van der Waals surface area (Å²) >= 11 is 1.67. The van der Waals surface area contributed by atoms with Crippen LogP contribution in [-0.4, -0.2) is 17.1 Å². The van der Waals surface area contributed by atoms with E-state index in [1.54, 1.807) is 18.4 Å². The van der Waals surface area contributed by atoms with Crippen LogP contribution in [0.2, 0.25) is 0 Å². The lowest BCUT2D eigenvalue weighted by Gasteiger charge is -2.00. The van der Waals surface area contributed by atoms with Crippen molar-refractivity contribution in [1.29, 1.82) is 0 Å². The van der Waals surface area contributed by atoms with Crippen LogP contribution in [0.4, 0.5) is 5.69 Å². The first-order valence-corrected chi connectivity index (χ1v) is 6.70. The Hall–Kier alpha value is -2.14. The molecule has 0 aliphatic rings. The molecule has 3 aromatic rings. The number of benzene rings is 1. The molecule has 3 rings (SSSR count). The molecule has 0 aliphatic heterocycles. The predicted octanol–water partition coefficient (Wildman–Crippen LogP) is 2.87. The number of pyridine rings is 1. The largest absolute Gasteiger partial charge is 0.481 e. The van der Waals surface area contributed by atoms with Crippen molar-refractivity contribution in [2.45, 2.75) is 6.42 Å². The molecule has 1 aromatic carbocycles. The van der Waals surface area contributed by atoms with Gasteiger partial charge in [-0.25, -0.2) is 9.97 Å². The van der Waals surface area contributed by atoms with Crippen LogP contribution in [0, 0.1) is 0 Å². The number of methoxy groups -OCH3 is 1. The van der Waals surface area contributed by atoms with Crippen molar-refractivity contribution < 1.29 is 4.74 Å². The fourth-order valence-electron chi connectivity index (χ4n) is 1.88. The number of anilines is 1. The summed E-state index contributed by atoms with van der Waals surface area (Å²) in [6.07, 6.45) is 2.59. The van der Waals surface area contributed by atoms with Gasteiger partial charge in [-0.15, -0.1) is 11.3 Å². The normalized spacial score (nSPS) is 10.8. The van der Waals surface area contributed by atoms with Gasteiger partial charge in [0, 0.05) is 24.4 Å². The molecule has 0 radical (unpaired) electrons. The van der Waals surface area contributed by atoms with E-state index in [1.165, 1.54) is 0 Å². The number of hydrogen-bond donors (Lipinski definition) is 1. The van der Waals surface area contributed by atoms with E-state index in [0.29, 0.717) is 5.88 Å². The highest BCUT2D eigenvalue weighted by atomic mass is 32.1. The minimum absolute atomic E-state index is 0.626. The number of rotatable bonds is 3. The maximum atomic E-state index is 5.77. The Morgan fingerprint density at radius 1 is 1.26 bits per heavy atom. The summed E-state index contributed by atoms with van der Waals surface area (Å²) in [5.74, 6) is 0.626. The second-order valence-electron chi connectivity index (χ2n) is 4.22. The second-order valence-corrected chi connectivity index (χ2v) is 5.34. The highest BCUT2D eigenvalue weighted by Gasteiger charge is 2.05. The molecule has 5 heteroatoms. The Morgan fingerprint density at radius 2 is 2.16 bits per heavy atom. The Kier molecular flexibility index (Phi) is 3.05. The van der Waals surface area contributed by atoms with Gasteiger partial charge in [0.05, 0.1) is 22.3 Å². The molecule has 2 heterocycles. The molecule has 0 unspecified atom stereocenters. The topological polar surface area (TPSA) is 61.0 Å². The summed E-state index contributed by atoms with van der Waals surface area (Å²) in [4.78, 5) is 8.79. The average Bonchev–Trinajstić information content (AvgIpc) is 2.81. The lowest BCUT2D eigenvalue weighted by Crippen LogP contribution is -1.91. The van der Waals surface area contributed by atoms with Crippen molar-refractivity contribution >= 4 is 27.2 Å². The Morgan fingerprint density at radius 3 is 2.89 bits per heavy atom. The van der Waals surface area contributed by atoms with Gasteiger partial charge in [0.2, 0.25) is 5.88 Å². The maximum Gasteiger partial charge on any atom is 0.212 e. The first-order chi connectivity index (χ1) is 9.24. The fraction of sp³-hybridized carbons (Fsp3) is 0.143. The second kappa shape index (κ2) is 4.85. The molecule has 4 nitrogen and oxygen atoms in total. The number of ether oxygens (including phenoxy) is 1. The first kappa shape index (κ1) is 11.9. The molecule has 0 fully saturated rings. The van der Waals surface area contributed by atoms with Crippen LogP contribution in [0.3, 0.4) is 0 Å². The number of nitrogen functional groups attached to an aromatic ring is 1. The van der Waals surface area contributed by atoms with E-state index in [9.17, 15) is 0 Å². The van der Waals surface area contributed by atoms with Crippen molar-refractivity contribution in [2.24, 2.45) is 0 Å². The molecule has 0 amide bonds. The van der Waals surface area contributed by atoms with Gasteiger partial charge in [-0.2, -0.15) is 0 Å². The van der Waals surface area contributed by atoms with Crippen molar-refractivity contribution in [1.82, 2.24) is 9.97 Å². The van der Waals surface area contributed by atoms with Crippen LogP contribution >= 0.6 is 11.3 Å². The quantitative estimate of drug-likeness (QED) is 0.744. The number of fused-ring (bicyclic) bond motifs is 1. The number of aromatic nitrogens is 2. The molecule has 2 N–H and O–H groups in total. The SMILES string of the molecule is COc1ccc(Cc2nc3ccc(N)cc3s2)cn1. The number of nitrogens with zero attached hydrogens (tertiary/aromatic N) is 2. The molecule has 0 saturated carbocycles. The Balaban J connectivity index is 1.87. The average molecular weight is 271 g/mol. The van der Waals surface area contributed by atoms with Gasteiger partial charge in [-0.1, -0.05) is 6.07 Å². The molecule has 0 saturated heterocycles. The molecule has 0 atom stereocenters. The van der Waals surface area contributed by atoms with Crippen LogP contribution in [-0.2, 0) is 6.42 Å². The van der Waals surface area contributed by atoms with Crippen molar-refractivity contribution in [3.05, 3.63) is 47.1 Å². The zero-order chi connectivity index (χ0) is 13.2. The molecular formula is C14H13N3OS. The van der Waals surface area contributed by atoms with Gasteiger partial charge in [0.15, 0.2) is 0 Å². The van der Waals surface area contributed by atoms with E-state index in [2.05, 4.69) is 9.97 Å². The van der Waals surface area contributed by atoms with Crippen LogP contribution in [0.1, 0.15) is 10.6 Å². The summed E-state index contributed by atoms with van der Waals surface area (Å²) in [6.45, 7) is 0. The Bertz CT molecular complexity index is 706. The van der Waals surface area contributed by atoms with Crippen molar-refractivity contribution in [2.75, 3.05) is 12.8 Å². The summed E-state index contributed by atoms with van der Waals surface area (Å²) in [6, 6.07) is 9.66. The number of hydrogen-bond acceptors (Lipinski definition) is 5. The van der Waals surface area contributed by atoms with E-state index in [0.717, 1.165) is 32.9 Å². The Labute approximate surface area is 114 Å². The van der Waals surface area contributed by atoms with Gasteiger partial charge < -0.3 is 10.5 Å². The van der Waals surface area contributed by atoms with Crippen LogP contribution < -0.4 is 10.5 Å². The number of thiazole rings is 1.